The highest BCUT2D eigenvalue weighted by atomic mass is 32.1. The van der Waals surface area contributed by atoms with Crippen LogP contribution >= 0.6 is 11.3 Å². The topological polar surface area (TPSA) is 73.3 Å². The second-order valence-electron chi connectivity index (χ2n) is 6.33. The minimum Gasteiger partial charge on any atom is -0.490 e. The molecule has 1 N–H and O–H groups in total. The lowest BCUT2D eigenvalue weighted by molar-refractivity contribution is 0.0957. The van der Waals surface area contributed by atoms with Gasteiger partial charge in [-0.2, -0.15) is 0 Å². The Hall–Kier alpha value is -2.93. The highest BCUT2D eigenvalue weighted by Gasteiger charge is 2.16. The summed E-state index contributed by atoms with van der Waals surface area (Å²) in [5.74, 6) is 1.37. The first kappa shape index (κ1) is 20.8. The molecule has 3 aromatic rings. The van der Waals surface area contributed by atoms with Crippen LogP contribution < -0.4 is 14.8 Å². The zero-order valence-corrected chi connectivity index (χ0v) is 17.7. The van der Waals surface area contributed by atoms with E-state index in [1.165, 1.54) is 11.3 Å². The first-order valence-electron chi connectivity index (χ1n) is 9.66. The van der Waals surface area contributed by atoms with Gasteiger partial charge in [-0.1, -0.05) is 6.07 Å². The summed E-state index contributed by atoms with van der Waals surface area (Å²) in [5.41, 5.74) is 2.72. The van der Waals surface area contributed by atoms with Gasteiger partial charge in [0.15, 0.2) is 11.5 Å². The monoisotopic (exact) mass is 411 g/mol. The maximum atomic E-state index is 12.6. The fraction of sp³-hybridized carbons (Fsp3) is 0.318. The maximum absolute atomic E-state index is 12.6. The number of benzene rings is 1. The molecular formula is C22H25N3O3S. The predicted molar refractivity (Wildman–Crippen MR) is 115 cm³/mol. The number of amides is 1. The Kier molecular flexibility index (Phi) is 7.19. The molecular weight excluding hydrogens is 386 g/mol. The number of aryl methyl sites for hydroxylation is 1. The molecule has 0 atom stereocenters. The van der Waals surface area contributed by atoms with Crippen LogP contribution in [-0.2, 0) is 6.42 Å². The zero-order valence-electron chi connectivity index (χ0n) is 16.9. The normalized spacial score (nSPS) is 10.6. The van der Waals surface area contributed by atoms with E-state index in [2.05, 4.69) is 15.3 Å². The minimum absolute atomic E-state index is 0.105. The number of carbonyl (C=O) groups is 1. The number of carbonyl (C=O) groups excluding carboxylic acids is 1. The van der Waals surface area contributed by atoms with E-state index >= 15 is 0 Å². The van der Waals surface area contributed by atoms with Gasteiger partial charge in [-0.25, -0.2) is 4.98 Å². The number of hydrogen-bond donors (Lipinski definition) is 1. The van der Waals surface area contributed by atoms with Crippen molar-refractivity contribution in [3.8, 4) is 22.1 Å². The molecule has 0 radical (unpaired) electrons. The number of aromatic nitrogens is 2. The summed E-state index contributed by atoms with van der Waals surface area (Å²) in [6.45, 7) is 7.43. The van der Waals surface area contributed by atoms with Crippen LogP contribution in [0.3, 0.4) is 0 Å². The van der Waals surface area contributed by atoms with Gasteiger partial charge in [0.1, 0.15) is 9.88 Å². The highest BCUT2D eigenvalue weighted by molar-refractivity contribution is 7.17. The average Bonchev–Trinajstić information content (AvgIpc) is 3.12. The van der Waals surface area contributed by atoms with E-state index < -0.39 is 0 Å². The van der Waals surface area contributed by atoms with Gasteiger partial charge in [0.05, 0.1) is 18.9 Å². The average molecular weight is 412 g/mol. The second-order valence-corrected chi connectivity index (χ2v) is 7.33. The van der Waals surface area contributed by atoms with E-state index in [-0.39, 0.29) is 5.91 Å². The number of hydrogen-bond acceptors (Lipinski definition) is 6. The van der Waals surface area contributed by atoms with Crippen LogP contribution in [0.1, 0.15) is 34.8 Å². The Morgan fingerprint density at radius 3 is 2.66 bits per heavy atom. The lowest BCUT2D eigenvalue weighted by Crippen LogP contribution is -2.25. The van der Waals surface area contributed by atoms with Crippen molar-refractivity contribution in [3.05, 3.63) is 58.9 Å². The minimum atomic E-state index is -0.105. The largest absolute Gasteiger partial charge is 0.490 e. The molecule has 29 heavy (non-hydrogen) atoms. The second kappa shape index (κ2) is 10.0. The lowest BCUT2D eigenvalue weighted by Gasteiger charge is -2.12. The molecule has 0 aliphatic heterocycles. The number of ether oxygens (including phenoxy) is 2. The third-order valence-electron chi connectivity index (χ3n) is 4.22. The molecule has 152 valence electrons. The summed E-state index contributed by atoms with van der Waals surface area (Å²) in [7, 11) is 0. The summed E-state index contributed by atoms with van der Waals surface area (Å²) < 4.78 is 11.3. The molecule has 2 heterocycles. The van der Waals surface area contributed by atoms with Crippen LogP contribution in [0.5, 0.6) is 11.5 Å². The molecule has 0 aliphatic rings. The SMILES string of the molecule is CCOc1ccc(CCNC(=O)c2sc(-c3cccnc3)nc2C)cc1OCC. The maximum Gasteiger partial charge on any atom is 0.263 e. The number of pyridine rings is 1. The van der Waals surface area contributed by atoms with Crippen molar-refractivity contribution >= 4 is 17.2 Å². The molecule has 1 amide bonds. The standard InChI is InChI=1S/C22H25N3O3S/c1-4-27-18-9-8-16(13-19(18)28-5-2)10-12-24-21(26)20-15(3)25-22(29-20)17-7-6-11-23-14-17/h6-9,11,13-14H,4-5,10,12H2,1-3H3,(H,24,26). The van der Waals surface area contributed by atoms with Crippen LogP contribution in [0.25, 0.3) is 10.6 Å². The summed E-state index contributed by atoms with van der Waals surface area (Å²) in [5, 5.41) is 3.79. The van der Waals surface area contributed by atoms with Gasteiger partial charge in [-0.15, -0.1) is 11.3 Å². The van der Waals surface area contributed by atoms with Crippen LogP contribution in [0.2, 0.25) is 0 Å². The van der Waals surface area contributed by atoms with Gasteiger partial charge >= 0.3 is 0 Å². The molecule has 7 heteroatoms. The summed E-state index contributed by atoms with van der Waals surface area (Å²) >= 11 is 1.38. The van der Waals surface area contributed by atoms with Crippen LogP contribution in [-0.4, -0.2) is 35.6 Å². The number of rotatable bonds is 9. The van der Waals surface area contributed by atoms with Gasteiger partial charge in [-0.05, 0) is 57.0 Å². The Labute approximate surface area is 174 Å². The first-order valence-corrected chi connectivity index (χ1v) is 10.5. The van der Waals surface area contributed by atoms with Crippen LogP contribution in [0.15, 0.2) is 42.7 Å². The molecule has 1 aromatic carbocycles. The third kappa shape index (κ3) is 5.32. The van der Waals surface area contributed by atoms with Crippen molar-refractivity contribution < 1.29 is 14.3 Å². The smallest absolute Gasteiger partial charge is 0.263 e. The summed E-state index contributed by atoms with van der Waals surface area (Å²) in [4.78, 5) is 21.9. The molecule has 0 unspecified atom stereocenters. The lowest BCUT2D eigenvalue weighted by atomic mass is 10.1. The Morgan fingerprint density at radius 2 is 1.93 bits per heavy atom. The molecule has 0 aliphatic carbocycles. The summed E-state index contributed by atoms with van der Waals surface area (Å²) in [6.07, 6.45) is 4.17. The van der Waals surface area contributed by atoms with E-state index in [9.17, 15) is 4.79 Å². The molecule has 3 rings (SSSR count). The van der Waals surface area contributed by atoms with Crippen molar-refractivity contribution in [1.29, 1.82) is 0 Å². The molecule has 2 aromatic heterocycles. The van der Waals surface area contributed by atoms with Crippen molar-refractivity contribution in [2.75, 3.05) is 19.8 Å². The van der Waals surface area contributed by atoms with Gasteiger partial charge in [0.2, 0.25) is 0 Å². The van der Waals surface area contributed by atoms with Gasteiger partial charge in [-0.3, -0.25) is 9.78 Å². The first-order chi connectivity index (χ1) is 14.1. The molecule has 0 saturated carbocycles. The Bertz CT molecular complexity index is 957. The van der Waals surface area contributed by atoms with E-state index in [4.69, 9.17) is 9.47 Å². The fourth-order valence-corrected chi connectivity index (χ4v) is 3.84. The molecule has 0 bridgehead atoms. The fourth-order valence-electron chi connectivity index (χ4n) is 2.87. The van der Waals surface area contributed by atoms with E-state index in [1.807, 2.05) is 51.1 Å². The van der Waals surface area contributed by atoms with E-state index in [1.54, 1.807) is 12.4 Å². The van der Waals surface area contributed by atoms with Crippen molar-refractivity contribution in [3.63, 3.8) is 0 Å². The quantitative estimate of drug-likeness (QED) is 0.569. The van der Waals surface area contributed by atoms with Crippen molar-refractivity contribution in [1.82, 2.24) is 15.3 Å². The van der Waals surface area contributed by atoms with E-state index in [0.29, 0.717) is 31.1 Å². The van der Waals surface area contributed by atoms with Gasteiger partial charge in [0, 0.05) is 24.5 Å². The number of thiazole rings is 1. The van der Waals surface area contributed by atoms with E-state index in [0.717, 1.165) is 33.3 Å². The predicted octanol–water partition coefficient (Wildman–Crippen LogP) is 4.28. The van der Waals surface area contributed by atoms with Crippen molar-refractivity contribution in [2.24, 2.45) is 0 Å². The zero-order chi connectivity index (χ0) is 20.6. The Morgan fingerprint density at radius 1 is 1.14 bits per heavy atom. The molecule has 0 saturated heterocycles. The van der Waals surface area contributed by atoms with Gasteiger partial charge < -0.3 is 14.8 Å². The third-order valence-corrected chi connectivity index (χ3v) is 5.42. The van der Waals surface area contributed by atoms with Crippen LogP contribution in [0.4, 0.5) is 0 Å². The van der Waals surface area contributed by atoms with Crippen LogP contribution in [0, 0.1) is 6.92 Å². The summed E-state index contributed by atoms with van der Waals surface area (Å²) in [6, 6.07) is 9.68. The highest BCUT2D eigenvalue weighted by Crippen LogP contribution is 2.29. The van der Waals surface area contributed by atoms with Crippen molar-refractivity contribution in [2.45, 2.75) is 27.2 Å². The Balaban J connectivity index is 1.61. The molecule has 0 spiro atoms. The number of nitrogens with one attached hydrogen (secondary N) is 1. The molecule has 0 fully saturated rings. The number of nitrogens with zero attached hydrogens (tertiary/aromatic N) is 2. The van der Waals surface area contributed by atoms with Gasteiger partial charge in [0.25, 0.3) is 5.91 Å². The molecule has 6 nitrogen and oxygen atoms in total.